The summed E-state index contributed by atoms with van der Waals surface area (Å²) in [6, 6.07) is -1.14. The van der Waals surface area contributed by atoms with Crippen molar-refractivity contribution in [3.05, 3.63) is 0 Å². The van der Waals surface area contributed by atoms with Gasteiger partial charge in [0.2, 0.25) is 5.54 Å². The predicted octanol–water partition coefficient (Wildman–Crippen LogP) is 1.59. The van der Waals surface area contributed by atoms with Gasteiger partial charge in [-0.3, -0.25) is 0 Å². The number of carbonyl (C=O) groups is 2. The van der Waals surface area contributed by atoms with Crippen LogP contribution in [0.2, 0.25) is 0 Å². The van der Waals surface area contributed by atoms with Gasteiger partial charge in [0, 0.05) is 11.3 Å². The Kier molecular flexibility index (Phi) is 4.28. The summed E-state index contributed by atoms with van der Waals surface area (Å²) in [6.07, 6.45) is -1.47. The first kappa shape index (κ1) is 15.9. The van der Waals surface area contributed by atoms with Crippen LogP contribution >= 0.6 is 11.8 Å². The molecule has 1 fully saturated rings. The number of carboxylic acids is 1. The number of urea groups is 1. The van der Waals surface area contributed by atoms with E-state index in [-0.39, 0.29) is 11.3 Å². The summed E-state index contributed by atoms with van der Waals surface area (Å²) in [7, 11) is 0. The second-order valence-corrected chi connectivity index (χ2v) is 5.90. The molecule has 3 N–H and O–H groups in total. The van der Waals surface area contributed by atoms with Gasteiger partial charge < -0.3 is 15.7 Å². The molecule has 0 saturated heterocycles. The van der Waals surface area contributed by atoms with E-state index in [1.54, 1.807) is 0 Å². The number of nitrogens with one attached hydrogen (secondary N) is 2. The van der Waals surface area contributed by atoms with Crippen molar-refractivity contribution in [3.63, 3.8) is 0 Å². The van der Waals surface area contributed by atoms with Crippen LogP contribution in [0.25, 0.3) is 0 Å². The molecule has 1 unspecified atom stereocenters. The molecule has 110 valence electrons. The van der Waals surface area contributed by atoms with Crippen molar-refractivity contribution in [3.8, 4) is 0 Å². The largest absolute Gasteiger partial charge is 0.479 e. The minimum absolute atomic E-state index is 0.116. The molecule has 0 spiro atoms. The van der Waals surface area contributed by atoms with E-state index >= 15 is 0 Å². The monoisotopic (exact) mass is 300 g/mol. The third-order valence-electron chi connectivity index (χ3n) is 3.17. The highest BCUT2D eigenvalue weighted by Crippen LogP contribution is 2.46. The van der Waals surface area contributed by atoms with Crippen molar-refractivity contribution in [1.82, 2.24) is 10.6 Å². The zero-order valence-electron chi connectivity index (χ0n) is 10.4. The number of amides is 2. The molecule has 0 heterocycles. The zero-order chi connectivity index (χ0) is 14.9. The van der Waals surface area contributed by atoms with Crippen molar-refractivity contribution in [2.75, 3.05) is 12.8 Å². The lowest BCUT2D eigenvalue weighted by molar-refractivity contribution is -0.203. The lowest BCUT2D eigenvalue weighted by atomic mass is 10.0. The van der Waals surface area contributed by atoms with E-state index in [1.807, 2.05) is 6.26 Å². The number of carboxylic acid groups (broad SMARTS) is 1. The molecule has 9 heteroatoms. The fourth-order valence-corrected chi connectivity index (χ4v) is 2.08. The van der Waals surface area contributed by atoms with Crippen LogP contribution in [-0.2, 0) is 4.79 Å². The number of hydrogen-bond donors (Lipinski definition) is 3. The lowest BCUT2D eigenvalue weighted by Gasteiger charge is -2.28. The molecule has 1 atom stereocenters. The van der Waals surface area contributed by atoms with Gasteiger partial charge in [-0.05, 0) is 26.0 Å². The summed E-state index contributed by atoms with van der Waals surface area (Å²) in [5.74, 6) is -2.15. The molecular weight excluding hydrogens is 285 g/mol. The maximum atomic E-state index is 12.6. The fourth-order valence-electron chi connectivity index (χ4n) is 1.35. The second-order valence-electron chi connectivity index (χ2n) is 4.62. The van der Waals surface area contributed by atoms with Crippen LogP contribution in [0.3, 0.4) is 0 Å². The van der Waals surface area contributed by atoms with Crippen LogP contribution in [0, 0.1) is 0 Å². The molecule has 0 bridgehead atoms. The van der Waals surface area contributed by atoms with Gasteiger partial charge in [-0.1, -0.05) is 0 Å². The van der Waals surface area contributed by atoms with E-state index in [1.165, 1.54) is 17.1 Å². The van der Waals surface area contributed by atoms with E-state index in [0.29, 0.717) is 6.92 Å². The van der Waals surface area contributed by atoms with Crippen LogP contribution in [0.5, 0.6) is 0 Å². The number of alkyl halides is 3. The number of carbonyl (C=O) groups excluding carboxylic acids is 1. The number of thioether (sulfide) groups is 1. The van der Waals surface area contributed by atoms with Crippen LogP contribution in [-0.4, -0.2) is 46.4 Å². The first-order valence-electron chi connectivity index (χ1n) is 5.48. The number of aliphatic carboxylic acids is 1. The molecule has 1 saturated carbocycles. The second kappa shape index (κ2) is 5.10. The van der Waals surface area contributed by atoms with Crippen LogP contribution in [0.15, 0.2) is 0 Å². The Morgan fingerprint density at radius 3 is 2.21 bits per heavy atom. The third kappa shape index (κ3) is 3.46. The van der Waals surface area contributed by atoms with Gasteiger partial charge in [-0.2, -0.15) is 24.9 Å². The van der Waals surface area contributed by atoms with Gasteiger partial charge in [0.05, 0.1) is 0 Å². The van der Waals surface area contributed by atoms with Crippen molar-refractivity contribution < 1.29 is 27.9 Å². The highest BCUT2D eigenvalue weighted by Gasteiger charge is 2.58. The van der Waals surface area contributed by atoms with Gasteiger partial charge in [0.25, 0.3) is 0 Å². The van der Waals surface area contributed by atoms with E-state index in [9.17, 15) is 22.8 Å². The van der Waals surface area contributed by atoms with E-state index in [0.717, 1.165) is 12.8 Å². The van der Waals surface area contributed by atoms with Gasteiger partial charge >= 0.3 is 18.2 Å². The maximum Gasteiger partial charge on any atom is 0.422 e. The summed E-state index contributed by atoms with van der Waals surface area (Å²) in [5, 5.41) is 12.4. The summed E-state index contributed by atoms with van der Waals surface area (Å²) >= 11 is 1.53. The molecule has 0 aromatic carbocycles. The van der Waals surface area contributed by atoms with Crippen LogP contribution in [0.1, 0.15) is 19.8 Å². The lowest BCUT2D eigenvalue weighted by Crippen LogP contribution is -2.63. The Hall–Kier alpha value is -1.12. The normalized spacial score (nSPS) is 20.3. The summed E-state index contributed by atoms with van der Waals surface area (Å²) < 4.78 is 37.8. The Balaban J connectivity index is 2.60. The smallest absolute Gasteiger partial charge is 0.422 e. The van der Waals surface area contributed by atoms with Crippen LogP contribution in [0.4, 0.5) is 18.0 Å². The summed E-state index contributed by atoms with van der Waals surface area (Å²) in [6.45, 7) is 0.629. The molecule has 19 heavy (non-hydrogen) atoms. The van der Waals surface area contributed by atoms with Crippen molar-refractivity contribution in [2.45, 2.75) is 36.2 Å². The number of halogens is 3. The van der Waals surface area contributed by atoms with Gasteiger partial charge in [-0.25, -0.2) is 9.59 Å². The SMILES string of the molecule is CSC1(CNC(=O)NC(C)(C(=O)O)C(F)(F)F)CC1. The minimum Gasteiger partial charge on any atom is -0.479 e. The minimum atomic E-state index is -5.08. The van der Waals surface area contributed by atoms with Crippen LogP contribution < -0.4 is 10.6 Å². The molecule has 1 aliphatic rings. The molecule has 0 aromatic rings. The average Bonchev–Trinajstić information content (AvgIpc) is 3.05. The predicted molar refractivity (Wildman–Crippen MR) is 64.1 cm³/mol. The number of hydrogen-bond acceptors (Lipinski definition) is 3. The average molecular weight is 300 g/mol. The Bertz CT molecular complexity index is 385. The van der Waals surface area contributed by atoms with E-state index in [4.69, 9.17) is 5.11 Å². The highest BCUT2D eigenvalue weighted by molar-refractivity contribution is 8.00. The Morgan fingerprint density at radius 1 is 1.37 bits per heavy atom. The molecule has 1 rings (SSSR count). The first-order valence-corrected chi connectivity index (χ1v) is 6.70. The number of rotatable bonds is 5. The fraction of sp³-hybridized carbons (Fsp3) is 0.800. The topological polar surface area (TPSA) is 78.4 Å². The third-order valence-corrected chi connectivity index (χ3v) is 4.59. The van der Waals surface area contributed by atoms with Gasteiger partial charge in [0.15, 0.2) is 0 Å². The molecule has 0 radical (unpaired) electrons. The highest BCUT2D eigenvalue weighted by atomic mass is 32.2. The molecule has 2 amide bonds. The summed E-state index contributed by atoms with van der Waals surface area (Å²) in [5.41, 5.74) is -3.30. The Labute approximate surface area is 112 Å². The standard InChI is InChI=1S/C10H15F3N2O3S/c1-8(6(16)17,10(11,12)13)15-7(18)14-5-9(19-2)3-4-9/h3-5H2,1-2H3,(H,16,17)(H2,14,15,18). The van der Waals surface area contributed by atoms with E-state index < -0.39 is 23.7 Å². The Morgan fingerprint density at radius 2 is 1.89 bits per heavy atom. The van der Waals surface area contributed by atoms with Crippen molar-refractivity contribution in [2.24, 2.45) is 0 Å². The first-order chi connectivity index (χ1) is 8.56. The van der Waals surface area contributed by atoms with Gasteiger partial charge in [0.1, 0.15) is 0 Å². The molecular formula is C10H15F3N2O3S. The molecule has 0 aromatic heterocycles. The quantitative estimate of drug-likeness (QED) is 0.720. The molecule has 1 aliphatic carbocycles. The van der Waals surface area contributed by atoms with Crippen molar-refractivity contribution in [1.29, 1.82) is 0 Å². The van der Waals surface area contributed by atoms with Gasteiger partial charge in [-0.15, -0.1) is 0 Å². The molecule has 0 aliphatic heterocycles. The van der Waals surface area contributed by atoms with E-state index in [2.05, 4.69) is 5.32 Å². The summed E-state index contributed by atoms with van der Waals surface area (Å²) in [4.78, 5) is 22.1. The molecule has 5 nitrogen and oxygen atoms in total. The maximum absolute atomic E-state index is 12.6. The van der Waals surface area contributed by atoms with Crippen molar-refractivity contribution >= 4 is 23.8 Å². The zero-order valence-corrected chi connectivity index (χ0v) is 11.2.